The van der Waals surface area contributed by atoms with Crippen molar-refractivity contribution in [2.45, 2.75) is 19.3 Å². The molecule has 0 aliphatic heterocycles. The van der Waals surface area contributed by atoms with Crippen molar-refractivity contribution >= 4 is 23.2 Å². The average molecular weight is 271 g/mol. The van der Waals surface area contributed by atoms with Crippen LogP contribution in [0.5, 0.6) is 11.5 Å². The number of fused-ring (bicyclic) bond motifs is 1. The van der Waals surface area contributed by atoms with Gasteiger partial charge in [0.1, 0.15) is 16.0 Å². The average Bonchev–Trinajstić information content (AvgIpc) is 2.65. The Balaban J connectivity index is 2.67. The molecule has 0 saturated carbocycles. The minimum atomic E-state index is -0.160. The molecule has 0 fully saturated rings. The van der Waals surface area contributed by atoms with Crippen LogP contribution in [0.15, 0.2) is 34.3 Å². The van der Waals surface area contributed by atoms with E-state index in [0.717, 1.165) is 5.57 Å². The van der Waals surface area contributed by atoms with E-state index in [1.54, 1.807) is 0 Å². The first-order valence-corrected chi connectivity index (χ1v) is 6.02. The van der Waals surface area contributed by atoms with E-state index in [4.69, 9.17) is 23.2 Å². The van der Waals surface area contributed by atoms with Crippen molar-refractivity contribution in [3.8, 4) is 11.5 Å². The monoisotopic (exact) mass is 270 g/mol. The summed E-state index contributed by atoms with van der Waals surface area (Å²) in [6.45, 7) is 1.89. The molecule has 0 radical (unpaired) electrons. The van der Waals surface area contributed by atoms with Crippen molar-refractivity contribution in [3.63, 3.8) is 0 Å². The van der Waals surface area contributed by atoms with Gasteiger partial charge in [-0.25, -0.2) is 0 Å². The molecule has 0 heterocycles. The SMILES string of the molecule is CC=CC1C(=C(Cl)Cl)Cc2c(O)ccc(O)c21. The van der Waals surface area contributed by atoms with E-state index in [2.05, 4.69) is 0 Å². The molecule has 17 heavy (non-hydrogen) atoms. The maximum atomic E-state index is 9.90. The first kappa shape index (κ1) is 12.3. The smallest absolute Gasteiger partial charge is 0.120 e. The topological polar surface area (TPSA) is 40.5 Å². The number of benzene rings is 1. The van der Waals surface area contributed by atoms with Crippen LogP contribution in [0.1, 0.15) is 24.0 Å². The summed E-state index contributed by atoms with van der Waals surface area (Å²) >= 11 is 11.7. The molecule has 1 aliphatic rings. The van der Waals surface area contributed by atoms with Gasteiger partial charge in [0, 0.05) is 23.5 Å². The van der Waals surface area contributed by atoms with Crippen molar-refractivity contribution in [1.82, 2.24) is 0 Å². The van der Waals surface area contributed by atoms with Gasteiger partial charge in [-0.1, -0.05) is 35.4 Å². The van der Waals surface area contributed by atoms with E-state index in [9.17, 15) is 10.2 Å². The van der Waals surface area contributed by atoms with Crippen LogP contribution < -0.4 is 0 Å². The number of hydrogen-bond acceptors (Lipinski definition) is 2. The summed E-state index contributed by atoms with van der Waals surface area (Å²) in [6, 6.07) is 2.96. The van der Waals surface area contributed by atoms with E-state index in [1.807, 2.05) is 19.1 Å². The Kier molecular flexibility index (Phi) is 3.36. The minimum Gasteiger partial charge on any atom is -0.508 e. The number of allylic oxidation sites excluding steroid dienone is 3. The lowest BCUT2D eigenvalue weighted by Crippen LogP contribution is -1.93. The van der Waals surface area contributed by atoms with Crippen LogP contribution in [0.3, 0.4) is 0 Å². The van der Waals surface area contributed by atoms with Gasteiger partial charge in [-0.2, -0.15) is 0 Å². The van der Waals surface area contributed by atoms with E-state index in [0.29, 0.717) is 17.5 Å². The van der Waals surface area contributed by atoms with Crippen LogP contribution in [-0.2, 0) is 6.42 Å². The van der Waals surface area contributed by atoms with Crippen LogP contribution in [-0.4, -0.2) is 10.2 Å². The van der Waals surface area contributed by atoms with Gasteiger partial charge < -0.3 is 10.2 Å². The molecule has 0 bridgehead atoms. The molecule has 4 heteroatoms. The largest absolute Gasteiger partial charge is 0.508 e. The Hall–Kier alpha value is -1.12. The third-order valence-electron chi connectivity index (χ3n) is 2.99. The molecule has 2 rings (SSSR count). The van der Waals surface area contributed by atoms with Gasteiger partial charge in [-0.05, 0) is 24.6 Å². The molecule has 0 spiro atoms. The molecular weight excluding hydrogens is 259 g/mol. The molecule has 2 nitrogen and oxygen atoms in total. The molecule has 0 amide bonds. The Bertz CT molecular complexity index is 514. The Morgan fingerprint density at radius 1 is 1.29 bits per heavy atom. The van der Waals surface area contributed by atoms with Crippen molar-refractivity contribution in [3.05, 3.63) is 45.5 Å². The molecule has 1 aromatic carbocycles. The van der Waals surface area contributed by atoms with Crippen LogP contribution in [0.2, 0.25) is 0 Å². The van der Waals surface area contributed by atoms with Gasteiger partial charge in [0.15, 0.2) is 0 Å². The number of halogens is 2. The van der Waals surface area contributed by atoms with Gasteiger partial charge in [0.2, 0.25) is 0 Å². The zero-order valence-electron chi connectivity index (χ0n) is 9.24. The van der Waals surface area contributed by atoms with Crippen LogP contribution in [0.4, 0.5) is 0 Å². The Labute approximate surface area is 110 Å². The lowest BCUT2D eigenvalue weighted by atomic mass is 9.97. The number of phenols is 2. The highest BCUT2D eigenvalue weighted by Gasteiger charge is 2.31. The van der Waals surface area contributed by atoms with Crippen molar-refractivity contribution in [2.75, 3.05) is 0 Å². The quantitative estimate of drug-likeness (QED) is 0.598. The first-order valence-electron chi connectivity index (χ1n) is 5.26. The normalized spacial score (nSPS) is 18.8. The maximum Gasteiger partial charge on any atom is 0.120 e. The molecule has 2 N–H and O–H groups in total. The van der Waals surface area contributed by atoms with E-state index < -0.39 is 0 Å². The highest BCUT2D eigenvalue weighted by atomic mass is 35.5. The molecule has 1 atom stereocenters. The lowest BCUT2D eigenvalue weighted by Gasteiger charge is -2.10. The van der Waals surface area contributed by atoms with Gasteiger partial charge in [-0.3, -0.25) is 0 Å². The van der Waals surface area contributed by atoms with Gasteiger partial charge >= 0.3 is 0 Å². The number of hydrogen-bond donors (Lipinski definition) is 2. The fraction of sp³-hybridized carbons (Fsp3) is 0.231. The fourth-order valence-corrected chi connectivity index (χ4v) is 2.61. The highest BCUT2D eigenvalue weighted by molar-refractivity contribution is 6.56. The zero-order valence-corrected chi connectivity index (χ0v) is 10.8. The van der Waals surface area contributed by atoms with Gasteiger partial charge in [-0.15, -0.1) is 0 Å². The van der Waals surface area contributed by atoms with Crippen LogP contribution >= 0.6 is 23.2 Å². The number of rotatable bonds is 1. The number of phenolic OH excluding ortho intramolecular Hbond substituents is 2. The summed E-state index contributed by atoms with van der Waals surface area (Å²) in [7, 11) is 0. The lowest BCUT2D eigenvalue weighted by molar-refractivity contribution is 0.452. The Morgan fingerprint density at radius 3 is 2.53 bits per heavy atom. The molecular formula is C13H12Cl2O2. The second kappa shape index (κ2) is 4.63. The van der Waals surface area contributed by atoms with E-state index in [-0.39, 0.29) is 21.9 Å². The van der Waals surface area contributed by atoms with Crippen molar-refractivity contribution in [2.24, 2.45) is 0 Å². The summed E-state index contributed by atoms with van der Waals surface area (Å²) in [6.07, 6.45) is 4.25. The summed E-state index contributed by atoms with van der Waals surface area (Å²) in [5, 5.41) is 19.7. The predicted octanol–water partition coefficient (Wildman–Crippen LogP) is 4.00. The summed E-state index contributed by atoms with van der Waals surface area (Å²) < 4.78 is 0.197. The minimum absolute atomic E-state index is 0.158. The van der Waals surface area contributed by atoms with E-state index in [1.165, 1.54) is 12.1 Å². The van der Waals surface area contributed by atoms with Crippen molar-refractivity contribution < 1.29 is 10.2 Å². The molecule has 1 aromatic rings. The second-order valence-electron chi connectivity index (χ2n) is 3.96. The maximum absolute atomic E-state index is 9.90. The zero-order chi connectivity index (χ0) is 12.6. The standard InChI is InChI=1S/C13H12Cl2O2/c1-2-3-7-8(13(14)15)6-9-10(16)4-5-11(17)12(7)9/h2-5,7,16-17H,6H2,1H3. The molecule has 1 unspecified atom stereocenters. The molecule has 1 aliphatic carbocycles. The van der Waals surface area contributed by atoms with Crippen LogP contribution in [0.25, 0.3) is 0 Å². The van der Waals surface area contributed by atoms with Crippen LogP contribution in [0, 0.1) is 0 Å². The van der Waals surface area contributed by atoms with Gasteiger partial charge in [0.25, 0.3) is 0 Å². The summed E-state index contributed by atoms with van der Waals surface area (Å²) in [5.74, 6) is 0.162. The third kappa shape index (κ3) is 2.03. The molecule has 0 aromatic heterocycles. The predicted molar refractivity (Wildman–Crippen MR) is 69.8 cm³/mol. The summed E-state index contributed by atoms with van der Waals surface area (Å²) in [4.78, 5) is 0. The van der Waals surface area contributed by atoms with Gasteiger partial charge in [0.05, 0.1) is 0 Å². The fourth-order valence-electron chi connectivity index (χ4n) is 2.24. The Morgan fingerprint density at radius 2 is 1.94 bits per heavy atom. The molecule has 90 valence electrons. The van der Waals surface area contributed by atoms with Crippen molar-refractivity contribution in [1.29, 1.82) is 0 Å². The molecule has 0 saturated heterocycles. The first-order chi connectivity index (χ1) is 8.06. The number of aromatic hydroxyl groups is 2. The highest BCUT2D eigenvalue weighted by Crippen LogP contribution is 2.48. The summed E-state index contributed by atoms with van der Waals surface area (Å²) in [5.41, 5.74) is 2.19. The third-order valence-corrected chi connectivity index (χ3v) is 3.48. The van der Waals surface area contributed by atoms with E-state index >= 15 is 0 Å². The second-order valence-corrected chi connectivity index (χ2v) is 4.91.